The Labute approximate surface area is 169 Å². The predicted octanol–water partition coefficient (Wildman–Crippen LogP) is 0.0494. The zero-order valence-electron chi connectivity index (χ0n) is 15.9. The summed E-state index contributed by atoms with van der Waals surface area (Å²) in [6.07, 6.45) is -0.561. The van der Waals surface area contributed by atoms with Crippen molar-refractivity contribution in [3.8, 4) is 5.75 Å². The monoisotopic (exact) mass is 421 g/mol. The van der Waals surface area contributed by atoms with Crippen LogP contribution in [-0.2, 0) is 24.3 Å². The summed E-state index contributed by atoms with van der Waals surface area (Å²) in [4.78, 5) is 14.6. The molecule has 0 spiro atoms. The number of hydrogen-bond donors (Lipinski definition) is 1. The first-order valence-electron chi connectivity index (χ1n) is 9.71. The fourth-order valence-corrected chi connectivity index (χ4v) is 5.59. The number of ether oxygens (including phenoxy) is 3. The number of rotatable bonds is 3. The van der Waals surface area contributed by atoms with E-state index in [-0.39, 0.29) is 17.4 Å². The van der Waals surface area contributed by atoms with Crippen molar-refractivity contribution in [2.24, 2.45) is 0 Å². The van der Waals surface area contributed by atoms with Gasteiger partial charge in [0.1, 0.15) is 12.4 Å². The van der Waals surface area contributed by atoms with Crippen LogP contribution in [0.25, 0.3) is 0 Å². The Morgan fingerprint density at radius 2 is 1.86 bits per heavy atom. The molecule has 0 aromatic heterocycles. The molecule has 1 amide bonds. The number of nitrogens with zero attached hydrogens (tertiary/aromatic N) is 2. The highest BCUT2D eigenvalue weighted by Crippen LogP contribution is 2.34. The van der Waals surface area contributed by atoms with E-state index in [1.165, 1.54) is 4.31 Å². The molecule has 5 rings (SSSR count). The van der Waals surface area contributed by atoms with Crippen molar-refractivity contribution in [2.45, 2.75) is 11.0 Å². The topological polar surface area (TPSA) is 97.4 Å². The fraction of sp³-hybridized carbons (Fsp3) is 0.526. The molecular weight excluding hydrogens is 398 g/mol. The van der Waals surface area contributed by atoms with Gasteiger partial charge >= 0.3 is 0 Å². The number of benzene rings is 1. The minimum atomic E-state index is -3.62. The molecule has 0 aliphatic carbocycles. The molecule has 0 bridgehead atoms. The summed E-state index contributed by atoms with van der Waals surface area (Å²) in [5.74, 6) is 0.578. The second kappa shape index (κ2) is 7.28. The largest absolute Gasteiger partial charge is 0.490 e. The van der Waals surface area contributed by atoms with Gasteiger partial charge in [0.25, 0.3) is 5.91 Å². The van der Waals surface area contributed by atoms with Crippen LogP contribution in [0.1, 0.15) is 0 Å². The highest BCUT2D eigenvalue weighted by atomic mass is 32.2. The van der Waals surface area contributed by atoms with Crippen molar-refractivity contribution in [1.82, 2.24) is 9.21 Å². The standard InChI is InChI=1S/C19H23N3O6S/c23-19(18-12-26-5-6-28-18)21-8-13-10-22(11-14(13)9-21)29(24,25)15-1-2-17-16(7-15)20-3-4-27-17/h1-2,7,18,20H,3-6,8-12H2. The molecule has 156 valence electrons. The second-order valence-corrected chi connectivity index (χ2v) is 9.48. The molecule has 0 saturated carbocycles. The lowest BCUT2D eigenvalue weighted by Crippen LogP contribution is -2.45. The van der Waals surface area contributed by atoms with E-state index in [0.29, 0.717) is 64.0 Å². The van der Waals surface area contributed by atoms with Crippen LogP contribution in [0.5, 0.6) is 5.75 Å². The number of hydrogen-bond acceptors (Lipinski definition) is 7. The molecule has 1 saturated heterocycles. The molecule has 4 aliphatic heterocycles. The maximum absolute atomic E-state index is 13.1. The van der Waals surface area contributed by atoms with E-state index in [1.807, 2.05) is 0 Å². The van der Waals surface area contributed by atoms with Gasteiger partial charge in [0, 0.05) is 32.7 Å². The number of carbonyl (C=O) groups is 1. The average Bonchev–Trinajstić information content (AvgIpc) is 3.33. The first-order valence-corrected chi connectivity index (χ1v) is 11.1. The molecule has 0 radical (unpaired) electrons. The highest BCUT2D eigenvalue weighted by Gasteiger charge is 2.39. The van der Waals surface area contributed by atoms with Gasteiger partial charge in [0.15, 0.2) is 6.10 Å². The normalized spacial score (nSPS) is 24.7. The van der Waals surface area contributed by atoms with E-state index in [2.05, 4.69) is 5.32 Å². The molecule has 1 unspecified atom stereocenters. The van der Waals surface area contributed by atoms with Gasteiger partial charge in [0.05, 0.1) is 30.4 Å². The SMILES string of the molecule is O=C(C1COCCO1)N1CC2=C(C1)CN(S(=O)(=O)c1ccc3c(c1)NCCO3)C2. The third-order valence-electron chi connectivity index (χ3n) is 5.66. The zero-order chi connectivity index (χ0) is 20.0. The quantitative estimate of drug-likeness (QED) is 0.689. The van der Waals surface area contributed by atoms with Crippen molar-refractivity contribution < 1.29 is 27.4 Å². The second-order valence-electron chi connectivity index (χ2n) is 7.54. The molecule has 4 aliphatic rings. The van der Waals surface area contributed by atoms with Crippen LogP contribution >= 0.6 is 0 Å². The Morgan fingerprint density at radius 1 is 1.07 bits per heavy atom. The van der Waals surface area contributed by atoms with Gasteiger partial charge in [-0.05, 0) is 29.3 Å². The van der Waals surface area contributed by atoms with Crippen molar-refractivity contribution in [2.75, 3.05) is 64.5 Å². The smallest absolute Gasteiger partial charge is 0.254 e. The summed E-state index contributed by atoms with van der Waals surface area (Å²) in [5.41, 5.74) is 2.69. The van der Waals surface area contributed by atoms with Gasteiger partial charge in [0.2, 0.25) is 10.0 Å². The molecule has 1 atom stereocenters. The number of anilines is 1. The third kappa shape index (κ3) is 3.39. The van der Waals surface area contributed by atoms with E-state index in [1.54, 1.807) is 23.1 Å². The Morgan fingerprint density at radius 3 is 2.59 bits per heavy atom. The molecule has 1 fully saturated rings. The van der Waals surface area contributed by atoms with Gasteiger partial charge in [-0.25, -0.2) is 8.42 Å². The van der Waals surface area contributed by atoms with Crippen molar-refractivity contribution in [3.63, 3.8) is 0 Å². The molecule has 4 heterocycles. The number of fused-ring (bicyclic) bond motifs is 1. The van der Waals surface area contributed by atoms with Crippen molar-refractivity contribution in [3.05, 3.63) is 29.3 Å². The molecule has 10 heteroatoms. The summed E-state index contributed by atoms with van der Waals surface area (Å²) in [7, 11) is -3.62. The first kappa shape index (κ1) is 18.9. The van der Waals surface area contributed by atoms with E-state index in [0.717, 1.165) is 11.1 Å². The van der Waals surface area contributed by atoms with E-state index in [9.17, 15) is 13.2 Å². The summed E-state index contributed by atoms with van der Waals surface area (Å²) in [5, 5.41) is 3.17. The van der Waals surface area contributed by atoms with E-state index in [4.69, 9.17) is 14.2 Å². The Kier molecular flexibility index (Phi) is 4.73. The highest BCUT2D eigenvalue weighted by molar-refractivity contribution is 7.89. The third-order valence-corrected chi connectivity index (χ3v) is 7.45. The first-order chi connectivity index (χ1) is 14.0. The lowest BCUT2D eigenvalue weighted by molar-refractivity contribution is -0.156. The van der Waals surface area contributed by atoms with Crippen molar-refractivity contribution in [1.29, 1.82) is 0 Å². The maximum atomic E-state index is 13.1. The van der Waals surface area contributed by atoms with Gasteiger partial charge < -0.3 is 24.4 Å². The molecule has 1 N–H and O–H groups in total. The summed E-state index contributed by atoms with van der Waals surface area (Å²) in [6.45, 7) is 3.93. The van der Waals surface area contributed by atoms with Crippen LogP contribution in [-0.4, -0.2) is 88.8 Å². The van der Waals surface area contributed by atoms with E-state index >= 15 is 0 Å². The van der Waals surface area contributed by atoms with Crippen LogP contribution in [0, 0.1) is 0 Å². The van der Waals surface area contributed by atoms with Crippen LogP contribution in [0.3, 0.4) is 0 Å². The molecule has 9 nitrogen and oxygen atoms in total. The zero-order valence-corrected chi connectivity index (χ0v) is 16.7. The van der Waals surface area contributed by atoms with Gasteiger partial charge in [-0.1, -0.05) is 0 Å². The number of amides is 1. The van der Waals surface area contributed by atoms with Crippen LogP contribution in [0.2, 0.25) is 0 Å². The molecule has 1 aromatic rings. The number of sulfonamides is 1. The van der Waals surface area contributed by atoms with E-state index < -0.39 is 16.1 Å². The Hall–Kier alpha value is -2.14. The van der Waals surface area contributed by atoms with Crippen molar-refractivity contribution >= 4 is 21.6 Å². The lowest BCUT2D eigenvalue weighted by atomic mass is 10.2. The number of nitrogens with one attached hydrogen (secondary N) is 1. The predicted molar refractivity (Wildman–Crippen MR) is 103 cm³/mol. The van der Waals surface area contributed by atoms with Crippen LogP contribution in [0.15, 0.2) is 34.2 Å². The Balaban J connectivity index is 1.26. The van der Waals surface area contributed by atoms with Gasteiger partial charge in [-0.3, -0.25) is 4.79 Å². The summed E-state index contributed by atoms with van der Waals surface area (Å²) in [6, 6.07) is 4.91. The molecule has 29 heavy (non-hydrogen) atoms. The van der Waals surface area contributed by atoms with Gasteiger partial charge in [-0.15, -0.1) is 0 Å². The van der Waals surface area contributed by atoms with Crippen LogP contribution in [0.4, 0.5) is 5.69 Å². The molecular formula is C19H23N3O6S. The minimum Gasteiger partial charge on any atom is -0.490 e. The minimum absolute atomic E-state index is 0.0886. The fourth-order valence-electron chi connectivity index (χ4n) is 4.13. The van der Waals surface area contributed by atoms with Gasteiger partial charge in [-0.2, -0.15) is 4.31 Å². The Bertz CT molecular complexity index is 952. The van der Waals surface area contributed by atoms with Crippen LogP contribution < -0.4 is 10.1 Å². The average molecular weight is 421 g/mol. The summed E-state index contributed by atoms with van der Waals surface area (Å²) >= 11 is 0. The maximum Gasteiger partial charge on any atom is 0.254 e. The lowest BCUT2D eigenvalue weighted by Gasteiger charge is -2.28. The summed E-state index contributed by atoms with van der Waals surface area (Å²) < 4.78 is 44.1. The number of carbonyl (C=O) groups excluding carboxylic acids is 1. The molecule has 1 aromatic carbocycles.